The fourth-order valence-electron chi connectivity index (χ4n) is 0.569. The van der Waals surface area contributed by atoms with Gasteiger partial charge in [-0.2, -0.15) is 5.48 Å². The van der Waals surface area contributed by atoms with Gasteiger partial charge in [-0.15, -0.1) is 0 Å². The third kappa shape index (κ3) is 2.08. The van der Waals surface area contributed by atoms with Crippen LogP contribution in [0.2, 0.25) is 0 Å². The zero-order valence-corrected chi connectivity index (χ0v) is 5.74. The monoisotopic (exact) mass is 139 g/mol. The highest BCUT2D eigenvalue weighted by Crippen LogP contribution is 1.87. The fourth-order valence-corrected chi connectivity index (χ4v) is 0.569. The van der Waals surface area contributed by atoms with Gasteiger partial charge in [0.25, 0.3) is 0 Å². The van der Waals surface area contributed by atoms with Crippen LogP contribution in [0.4, 0.5) is 0 Å². The van der Waals surface area contributed by atoms with E-state index in [0.717, 1.165) is 5.69 Å². The fraction of sp³-hybridized carbons (Fsp3) is 0.333. The van der Waals surface area contributed by atoms with Crippen molar-refractivity contribution in [2.75, 3.05) is 7.11 Å². The average Bonchev–Trinajstić information content (AvgIpc) is 2.03. The molecular formula is C6H9N3O. The van der Waals surface area contributed by atoms with E-state index in [4.69, 9.17) is 0 Å². The van der Waals surface area contributed by atoms with Crippen molar-refractivity contribution in [3.05, 3.63) is 24.3 Å². The van der Waals surface area contributed by atoms with Crippen LogP contribution in [0.5, 0.6) is 0 Å². The molecule has 0 aliphatic carbocycles. The first-order valence-electron chi connectivity index (χ1n) is 2.94. The van der Waals surface area contributed by atoms with Crippen LogP contribution >= 0.6 is 0 Å². The Morgan fingerprint density at radius 2 is 2.60 bits per heavy atom. The Labute approximate surface area is 59.2 Å². The summed E-state index contributed by atoms with van der Waals surface area (Å²) >= 11 is 0. The normalized spacial score (nSPS) is 9.70. The molecule has 1 heterocycles. The van der Waals surface area contributed by atoms with Crippen LogP contribution in [0.25, 0.3) is 0 Å². The third-order valence-corrected chi connectivity index (χ3v) is 1.04. The largest absolute Gasteiger partial charge is 0.305 e. The minimum absolute atomic E-state index is 0.610. The highest BCUT2D eigenvalue weighted by Gasteiger charge is 1.88. The molecule has 1 rings (SSSR count). The lowest BCUT2D eigenvalue weighted by molar-refractivity contribution is 0.0858. The maximum Gasteiger partial charge on any atom is 0.115 e. The molecule has 0 amide bonds. The van der Waals surface area contributed by atoms with Crippen molar-refractivity contribution in [1.29, 1.82) is 0 Å². The van der Waals surface area contributed by atoms with Gasteiger partial charge in [0, 0.05) is 6.20 Å². The zero-order valence-electron chi connectivity index (χ0n) is 5.74. The summed E-state index contributed by atoms with van der Waals surface area (Å²) in [7, 11) is 1.57. The van der Waals surface area contributed by atoms with E-state index < -0.39 is 0 Å². The van der Waals surface area contributed by atoms with Gasteiger partial charge in [-0.1, -0.05) is 0 Å². The second-order valence-corrected chi connectivity index (χ2v) is 1.73. The van der Waals surface area contributed by atoms with E-state index in [0.29, 0.717) is 6.54 Å². The predicted molar refractivity (Wildman–Crippen MR) is 35.9 cm³/mol. The maximum atomic E-state index is 4.64. The number of nitrogens with one attached hydrogen (secondary N) is 1. The quantitative estimate of drug-likeness (QED) is 0.604. The number of rotatable bonds is 3. The van der Waals surface area contributed by atoms with Crippen molar-refractivity contribution in [1.82, 2.24) is 15.4 Å². The SMILES string of the molecule is CONCc1ccncn1. The van der Waals surface area contributed by atoms with Gasteiger partial charge >= 0.3 is 0 Å². The van der Waals surface area contributed by atoms with Crippen LogP contribution in [-0.4, -0.2) is 17.1 Å². The molecule has 10 heavy (non-hydrogen) atoms. The van der Waals surface area contributed by atoms with Crippen molar-refractivity contribution in [3.8, 4) is 0 Å². The van der Waals surface area contributed by atoms with Crippen LogP contribution in [0, 0.1) is 0 Å². The van der Waals surface area contributed by atoms with Gasteiger partial charge in [0.2, 0.25) is 0 Å². The Kier molecular flexibility index (Phi) is 2.79. The smallest absolute Gasteiger partial charge is 0.115 e. The Balaban J connectivity index is 2.43. The molecule has 0 radical (unpaired) electrons. The van der Waals surface area contributed by atoms with E-state index in [1.807, 2.05) is 6.07 Å². The van der Waals surface area contributed by atoms with Gasteiger partial charge < -0.3 is 4.84 Å². The molecule has 0 spiro atoms. The first-order valence-corrected chi connectivity index (χ1v) is 2.94. The molecule has 0 bridgehead atoms. The number of nitrogens with zero attached hydrogens (tertiary/aromatic N) is 2. The summed E-state index contributed by atoms with van der Waals surface area (Å²) in [6.45, 7) is 0.610. The molecule has 0 aliphatic heterocycles. The van der Waals surface area contributed by atoms with E-state index >= 15 is 0 Å². The van der Waals surface area contributed by atoms with Crippen LogP contribution in [0.3, 0.4) is 0 Å². The Bertz CT molecular complexity index is 178. The third-order valence-electron chi connectivity index (χ3n) is 1.04. The number of hydrogen-bond donors (Lipinski definition) is 1. The predicted octanol–water partition coefficient (Wildman–Crippen LogP) is 0.128. The van der Waals surface area contributed by atoms with E-state index in [2.05, 4.69) is 20.3 Å². The van der Waals surface area contributed by atoms with Gasteiger partial charge in [-0.3, -0.25) is 0 Å². The van der Waals surface area contributed by atoms with Gasteiger partial charge in [-0.25, -0.2) is 9.97 Å². The van der Waals surface area contributed by atoms with Gasteiger partial charge in [0.1, 0.15) is 6.33 Å². The summed E-state index contributed by atoms with van der Waals surface area (Å²) in [5.41, 5.74) is 3.59. The second-order valence-electron chi connectivity index (χ2n) is 1.73. The highest BCUT2D eigenvalue weighted by molar-refractivity contribution is 4.96. The summed E-state index contributed by atoms with van der Waals surface area (Å²) in [5, 5.41) is 0. The molecule has 0 unspecified atom stereocenters. The Hall–Kier alpha value is -1.00. The summed E-state index contributed by atoms with van der Waals surface area (Å²) in [6, 6.07) is 1.83. The Morgan fingerprint density at radius 1 is 1.70 bits per heavy atom. The maximum absolute atomic E-state index is 4.64. The van der Waals surface area contributed by atoms with Crippen LogP contribution in [0.1, 0.15) is 5.69 Å². The summed E-state index contributed by atoms with van der Waals surface area (Å²) in [4.78, 5) is 12.4. The van der Waals surface area contributed by atoms with Gasteiger partial charge in [-0.05, 0) is 6.07 Å². The standard InChI is InChI=1S/C6H9N3O/c1-10-9-4-6-2-3-7-5-8-6/h2-3,5,9H,4H2,1H3. The minimum atomic E-state index is 0.610. The lowest BCUT2D eigenvalue weighted by Gasteiger charge is -1.98. The molecule has 1 aromatic rings. The molecule has 0 aromatic carbocycles. The van der Waals surface area contributed by atoms with E-state index in [-0.39, 0.29) is 0 Å². The van der Waals surface area contributed by atoms with Crippen LogP contribution in [0.15, 0.2) is 18.6 Å². The van der Waals surface area contributed by atoms with Crippen LogP contribution < -0.4 is 5.48 Å². The first-order chi connectivity index (χ1) is 4.93. The molecule has 54 valence electrons. The molecule has 0 aliphatic rings. The molecule has 1 aromatic heterocycles. The molecule has 0 saturated heterocycles. The molecule has 0 atom stereocenters. The minimum Gasteiger partial charge on any atom is -0.305 e. The molecule has 1 N–H and O–H groups in total. The zero-order chi connectivity index (χ0) is 7.23. The highest BCUT2D eigenvalue weighted by atomic mass is 16.6. The van der Waals surface area contributed by atoms with Crippen molar-refractivity contribution >= 4 is 0 Å². The van der Waals surface area contributed by atoms with E-state index in [1.54, 1.807) is 13.3 Å². The number of aromatic nitrogens is 2. The lowest BCUT2D eigenvalue weighted by atomic mass is 10.4. The molecule has 0 saturated carbocycles. The first kappa shape index (κ1) is 7.11. The summed E-state index contributed by atoms with van der Waals surface area (Å²) < 4.78 is 0. The topological polar surface area (TPSA) is 47.0 Å². The van der Waals surface area contributed by atoms with Crippen molar-refractivity contribution in [3.63, 3.8) is 0 Å². The second kappa shape index (κ2) is 3.92. The van der Waals surface area contributed by atoms with Crippen molar-refractivity contribution in [2.45, 2.75) is 6.54 Å². The molecule has 4 heteroatoms. The summed E-state index contributed by atoms with van der Waals surface area (Å²) in [6.07, 6.45) is 3.20. The summed E-state index contributed by atoms with van der Waals surface area (Å²) in [5.74, 6) is 0. The molecule has 4 nitrogen and oxygen atoms in total. The number of hydroxylamine groups is 1. The Morgan fingerprint density at radius 3 is 3.20 bits per heavy atom. The average molecular weight is 139 g/mol. The molecular weight excluding hydrogens is 130 g/mol. The molecule has 0 fully saturated rings. The van der Waals surface area contributed by atoms with E-state index in [1.165, 1.54) is 6.33 Å². The van der Waals surface area contributed by atoms with E-state index in [9.17, 15) is 0 Å². The van der Waals surface area contributed by atoms with Gasteiger partial charge in [0.15, 0.2) is 0 Å². The van der Waals surface area contributed by atoms with Crippen LogP contribution in [-0.2, 0) is 11.4 Å². The van der Waals surface area contributed by atoms with Crippen molar-refractivity contribution < 1.29 is 4.84 Å². The van der Waals surface area contributed by atoms with Gasteiger partial charge in [0.05, 0.1) is 19.3 Å². The lowest BCUT2D eigenvalue weighted by Crippen LogP contribution is -2.11. The van der Waals surface area contributed by atoms with Crippen molar-refractivity contribution in [2.24, 2.45) is 0 Å². The number of hydrogen-bond acceptors (Lipinski definition) is 4.